The highest BCUT2D eigenvalue weighted by Crippen LogP contribution is 2.25. The molecular weight excluding hydrogens is 300 g/mol. The van der Waals surface area contributed by atoms with Gasteiger partial charge in [0.05, 0.1) is 11.2 Å². The summed E-state index contributed by atoms with van der Waals surface area (Å²) in [5.41, 5.74) is 2.76. The number of amides is 1. The van der Waals surface area contributed by atoms with Crippen molar-refractivity contribution in [3.8, 4) is 5.75 Å². The molecule has 1 saturated heterocycles. The first-order chi connectivity index (χ1) is 11.8. The summed E-state index contributed by atoms with van der Waals surface area (Å²) in [4.78, 5) is 18.3. The van der Waals surface area contributed by atoms with Gasteiger partial charge in [0.2, 0.25) is 5.91 Å². The monoisotopic (exact) mass is 318 g/mol. The van der Waals surface area contributed by atoms with E-state index in [1.807, 2.05) is 59.5 Å². The molecule has 0 N–H and O–H groups in total. The van der Waals surface area contributed by atoms with Crippen molar-refractivity contribution in [2.75, 3.05) is 11.4 Å². The molecule has 2 heterocycles. The van der Waals surface area contributed by atoms with Crippen molar-refractivity contribution < 1.29 is 9.53 Å². The standard InChI is InChI=1S/C20H18N2O2/c23-20-9-4-12-22(20)17-6-3-7-18(13-17)24-14-16-11-10-15-5-1-2-8-19(15)21-16/h1-3,5-8,10-11,13H,4,9,12,14H2. The van der Waals surface area contributed by atoms with Crippen molar-refractivity contribution in [2.45, 2.75) is 19.4 Å². The largest absolute Gasteiger partial charge is 0.487 e. The third kappa shape index (κ3) is 2.95. The van der Waals surface area contributed by atoms with Crippen LogP contribution < -0.4 is 9.64 Å². The van der Waals surface area contributed by atoms with Crippen LogP contribution in [0.3, 0.4) is 0 Å². The molecule has 0 radical (unpaired) electrons. The molecule has 24 heavy (non-hydrogen) atoms. The maximum Gasteiger partial charge on any atom is 0.227 e. The summed E-state index contributed by atoms with van der Waals surface area (Å²) in [6, 6.07) is 19.8. The highest BCUT2D eigenvalue weighted by atomic mass is 16.5. The molecule has 0 atom stereocenters. The molecule has 4 nitrogen and oxygen atoms in total. The fourth-order valence-electron chi connectivity index (χ4n) is 3.01. The minimum Gasteiger partial charge on any atom is -0.487 e. The number of para-hydroxylation sites is 1. The van der Waals surface area contributed by atoms with E-state index < -0.39 is 0 Å². The maximum atomic E-state index is 11.9. The average Bonchev–Trinajstić information content (AvgIpc) is 3.06. The van der Waals surface area contributed by atoms with Gasteiger partial charge in [-0.15, -0.1) is 0 Å². The average molecular weight is 318 g/mol. The zero-order valence-electron chi connectivity index (χ0n) is 13.3. The third-order valence-electron chi connectivity index (χ3n) is 4.25. The smallest absolute Gasteiger partial charge is 0.227 e. The Kier molecular flexibility index (Phi) is 3.87. The van der Waals surface area contributed by atoms with Crippen molar-refractivity contribution >= 4 is 22.5 Å². The van der Waals surface area contributed by atoms with Crippen molar-refractivity contribution in [2.24, 2.45) is 0 Å². The van der Waals surface area contributed by atoms with E-state index in [1.54, 1.807) is 0 Å². The van der Waals surface area contributed by atoms with Gasteiger partial charge in [0.15, 0.2) is 0 Å². The molecule has 4 heteroatoms. The van der Waals surface area contributed by atoms with Crippen LogP contribution in [0.15, 0.2) is 60.7 Å². The quantitative estimate of drug-likeness (QED) is 0.732. The van der Waals surface area contributed by atoms with Gasteiger partial charge in [-0.25, -0.2) is 4.98 Å². The molecule has 0 saturated carbocycles. The number of rotatable bonds is 4. The van der Waals surface area contributed by atoms with E-state index in [2.05, 4.69) is 11.1 Å². The second-order valence-corrected chi connectivity index (χ2v) is 5.93. The maximum absolute atomic E-state index is 11.9. The van der Waals surface area contributed by atoms with Gasteiger partial charge in [-0.2, -0.15) is 0 Å². The second-order valence-electron chi connectivity index (χ2n) is 5.93. The van der Waals surface area contributed by atoms with Gasteiger partial charge < -0.3 is 9.64 Å². The molecular formula is C20H18N2O2. The van der Waals surface area contributed by atoms with E-state index in [0.29, 0.717) is 13.0 Å². The lowest BCUT2D eigenvalue weighted by Crippen LogP contribution is -2.23. The van der Waals surface area contributed by atoms with Gasteiger partial charge in [0.1, 0.15) is 12.4 Å². The Balaban J connectivity index is 1.49. The molecule has 0 unspecified atom stereocenters. The minimum atomic E-state index is 0.184. The van der Waals surface area contributed by atoms with Crippen molar-refractivity contribution in [3.63, 3.8) is 0 Å². The summed E-state index contributed by atoms with van der Waals surface area (Å²) >= 11 is 0. The van der Waals surface area contributed by atoms with Crippen LogP contribution in [0.4, 0.5) is 5.69 Å². The van der Waals surface area contributed by atoms with E-state index in [4.69, 9.17) is 4.74 Å². The topological polar surface area (TPSA) is 42.4 Å². The predicted octanol–water partition coefficient (Wildman–Crippen LogP) is 3.94. The summed E-state index contributed by atoms with van der Waals surface area (Å²) in [5, 5.41) is 1.12. The summed E-state index contributed by atoms with van der Waals surface area (Å²) in [5.74, 6) is 0.936. The van der Waals surface area contributed by atoms with Crippen LogP contribution in [0.2, 0.25) is 0 Å². The molecule has 1 amide bonds. The zero-order chi connectivity index (χ0) is 16.4. The van der Waals surface area contributed by atoms with Crippen LogP contribution in [0.5, 0.6) is 5.75 Å². The van der Waals surface area contributed by atoms with E-state index in [9.17, 15) is 4.79 Å². The first-order valence-electron chi connectivity index (χ1n) is 8.17. The van der Waals surface area contributed by atoms with Gasteiger partial charge in [-0.3, -0.25) is 4.79 Å². The number of pyridine rings is 1. The lowest BCUT2D eigenvalue weighted by atomic mass is 10.2. The number of carbonyl (C=O) groups excluding carboxylic acids is 1. The molecule has 4 rings (SSSR count). The molecule has 1 fully saturated rings. The number of nitrogens with zero attached hydrogens (tertiary/aromatic N) is 2. The number of aromatic nitrogens is 1. The first kappa shape index (κ1) is 14.7. The van der Waals surface area contributed by atoms with Gasteiger partial charge in [-0.05, 0) is 30.7 Å². The van der Waals surface area contributed by atoms with Crippen LogP contribution in [0.1, 0.15) is 18.5 Å². The van der Waals surface area contributed by atoms with Gasteiger partial charge in [0, 0.05) is 30.1 Å². The van der Waals surface area contributed by atoms with E-state index in [1.165, 1.54) is 0 Å². The molecule has 1 aliphatic heterocycles. The Morgan fingerprint density at radius 3 is 2.83 bits per heavy atom. The third-order valence-corrected chi connectivity index (χ3v) is 4.25. The van der Waals surface area contributed by atoms with E-state index >= 15 is 0 Å². The van der Waals surface area contributed by atoms with Crippen LogP contribution in [-0.2, 0) is 11.4 Å². The highest BCUT2D eigenvalue weighted by Gasteiger charge is 2.21. The summed E-state index contributed by atoms with van der Waals surface area (Å²) < 4.78 is 5.88. The lowest BCUT2D eigenvalue weighted by molar-refractivity contribution is -0.117. The Hall–Kier alpha value is -2.88. The van der Waals surface area contributed by atoms with Crippen LogP contribution in [0.25, 0.3) is 10.9 Å². The molecule has 1 aliphatic rings. The van der Waals surface area contributed by atoms with E-state index in [-0.39, 0.29) is 5.91 Å². The molecule has 1 aromatic heterocycles. The minimum absolute atomic E-state index is 0.184. The van der Waals surface area contributed by atoms with Crippen molar-refractivity contribution in [1.29, 1.82) is 0 Å². The number of ether oxygens (including phenoxy) is 1. The Bertz CT molecular complexity index is 891. The highest BCUT2D eigenvalue weighted by molar-refractivity contribution is 5.95. The Morgan fingerprint density at radius 1 is 1.04 bits per heavy atom. The van der Waals surface area contributed by atoms with Crippen LogP contribution >= 0.6 is 0 Å². The summed E-state index contributed by atoms with van der Waals surface area (Å²) in [6.45, 7) is 1.19. The van der Waals surface area contributed by atoms with E-state index in [0.717, 1.165) is 41.0 Å². The fourth-order valence-corrected chi connectivity index (χ4v) is 3.01. The molecule has 3 aromatic rings. The Morgan fingerprint density at radius 2 is 1.96 bits per heavy atom. The predicted molar refractivity (Wildman–Crippen MR) is 94.1 cm³/mol. The number of carbonyl (C=O) groups is 1. The molecule has 0 aliphatic carbocycles. The van der Waals surface area contributed by atoms with Gasteiger partial charge >= 0.3 is 0 Å². The molecule has 2 aromatic carbocycles. The van der Waals surface area contributed by atoms with Crippen molar-refractivity contribution in [1.82, 2.24) is 4.98 Å². The molecule has 120 valence electrons. The zero-order valence-corrected chi connectivity index (χ0v) is 13.3. The summed E-state index contributed by atoms with van der Waals surface area (Å²) in [6.07, 6.45) is 1.55. The molecule has 0 spiro atoms. The lowest BCUT2D eigenvalue weighted by Gasteiger charge is -2.16. The second kappa shape index (κ2) is 6.32. The SMILES string of the molecule is O=C1CCCN1c1cccc(OCc2ccc3ccccc3n2)c1. The number of benzene rings is 2. The number of anilines is 1. The number of hydrogen-bond acceptors (Lipinski definition) is 3. The fraction of sp³-hybridized carbons (Fsp3) is 0.200. The number of hydrogen-bond donors (Lipinski definition) is 0. The first-order valence-corrected chi connectivity index (χ1v) is 8.17. The van der Waals surface area contributed by atoms with Crippen molar-refractivity contribution in [3.05, 3.63) is 66.4 Å². The molecule has 0 bridgehead atoms. The van der Waals surface area contributed by atoms with Crippen LogP contribution in [-0.4, -0.2) is 17.4 Å². The van der Waals surface area contributed by atoms with Gasteiger partial charge in [-0.1, -0.05) is 30.3 Å². The normalized spacial score (nSPS) is 14.3. The Labute approximate surface area is 140 Å². The number of fused-ring (bicyclic) bond motifs is 1. The van der Waals surface area contributed by atoms with Gasteiger partial charge in [0.25, 0.3) is 0 Å². The summed E-state index contributed by atoms with van der Waals surface area (Å²) in [7, 11) is 0. The van der Waals surface area contributed by atoms with Crippen LogP contribution in [0, 0.1) is 0 Å².